The van der Waals surface area contributed by atoms with Gasteiger partial charge in [-0.3, -0.25) is 4.90 Å². The Morgan fingerprint density at radius 2 is 2.00 bits per heavy atom. The SMILES string of the molecule is Cc1ccc(C(C)N(CC2CC2)CC2CCCN2)c(C)c1. The molecule has 2 nitrogen and oxygen atoms in total. The third kappa shape index (κ3) is 3.87. The lowest BCUT2D eigenvalue weighted by atomic mass is 9.98. The summed E-state index contributed by atoms with van der Waals surface area (Å²) >= 11 is 0. The maximum atomic E-state index is 3.67. The van der Waals surface area contributed by atoms with Crippen molar-refractivity contribution in [3.63, 3.8) is 0 Å². The Balaban J connectivity index is 1.73. The van der Waals surface area contributed by atoms with E-state index in [-0.39, 0.29) is 0 Å². The van der Waals surface area contributed by atoms with E-state index in [4.69, 9.17) is 0 Å². The van der Waals surface area contributed by atoms with Gasteiger partial charge in [-0.15, -0.1) is 0 Å². The number of aryl methyl sites for hydroxylation is 2. The summed E-state index contributed by atoms with van der Waals surface area (Å²) in [6, 6.07) is 8.18. The van der Waals surface area contributed by atoms with Crippen LogP contribution in [0.1, 0.15) is 55.3 Å². The summed E-state index contributed by atoms with van der Waals surface area (Å²) in [5, 5.41) is 3.67. The highest BCUT2D eigenvalue weighted by molar-refractivity contribution is 5.32. The van der Waals surface area contributed by atoms with Crippen LogP contribution in [0.25, 0.3) is 0 Å². The van der Waals surface area contributed by atoms with Gasteiger partial charge in [0.2, 0.25) is 0 Å². The number of hydrogen-bond acceptors (Lipinski definition) is 2. The van der Waals surface area contributed by atoms with E-state index in [2.05, 4.69) is 49.2 Å². The highest BCUT2D eigenvalue weighted by Gasteiger charge is 2.29. The molecule has 2 atom stereocenters. The molecule has 1 saturated heterocycles. The third-order valence-corrected chi connectivity index (χ3v) is 5.23. The molecule has 21 heavy (non-hydrogen) atoms. The minimum absolute atomic E-state index is 0.536. The summed E-state index contributed by atoms with van der Waals surface area (Å²) in [5.74, 6) is 0.958. The molecule has 116 valence electrons. The Morgan fingerprint density at radius 3 is 2.62 bits per heavy atom. The predicted molar refractivity (Wildman–Crippen MR) is 89.7 cm³/mol. The molecule has 0 aromatic heterocycles. The first-order valence-electron chi connectivity index (χ1n) is 8.68. The maximum Gasteiger partial charge on any atom is 0.0323 e. The highest BCUT2D eigenvalue weighted by Crippen LogP contribution is 2.34. The molecule has 0 bridgehead atoms. The van der Waals surface area contributed by atoms with Gasteiger partial charge in [0.1, 0.15) is 0 Å². The zero-order valence-corrected chi connectivity index (χ0v) is 13.9. The average molecular weight is 286 g/mol. The van der Waals surface area contributed by atoms with Gasteiger partial charge in [0.05, 0.1) is 0 Å². The predicted octanol–water partition coefficient (Wildman–Crippen LogP) is 3.83. The number of nitrogens with zero attached hydrogens (tertiary/aromatic N) is 1. The molecule has 2 fully saturated rings. The third-order valence-electron chi connectivity index (χ3n) is 5.23. The minimum atomic E-state index is 0.536. The Bertz CT molecular complexity index is 472. The van der Waals surface area contributed by atoms with Gasteiger partial charge < -0.3 is 5.32 Å². The number of benzene rings is 1. The fourth-order valence-electron chi connectivity index (χ4n) is 3.71. The van der Waals surface area contributed by atoms with Crippen molar-refractivity contribution < 1.29 is 0 Å². The van der Waals surface area contributed by atoms with E-state index in [9.17, 15) is 0 Å². The molecule has 3 rings (SSSR count). The van der Waals surface area contributed by atoms with Crippen LogP contribution in [0.15, 0.2) is 18.2 Å². The summed E-state index contributed by atoms with van der Waals surface area (Å²) in [6.45, 7) is 10.6. The van der Waals surface area contributed by atoms with Gasteiger partial charge in [0.15, 0.2) is 0 Å². The van der Waals surface area contributed by atoms with Crippen LogP contribution in [0.3, 0.4) is 0 Å². The molecule has 1 aliphatic heterocycles. The summed E-state index contributed by atoms with van der Waals surface area (Å²) in [6.07, 6.45) is 5.57. The van der Waals surface area contributed by atoms with Crippen LogP contribution in [-0.4, -0.2) is 30.6 Å². The van der Waals surface area contributed by atoms with Crippen molar-refractivity contribution in [1.29, 1.82) is 0 Å². The van der Waals surface area contributed by atoms with Crippen molar-refractivity contribution in [2.75, 3.05) is 19.6 Å². The van der Waals surface area contributed by atoms with E-state index in [1.807, 2.05) is 0 Å². The van der Waals surface area contributed by atoms with Crippen LogP contribution in [0.4, 0.5) is 0 Å². The standard InChI is InChI=1S/C19H30N2/c1-14-6-9-19(15(2)11-14)16(3)21(12-17-7-8-17)13-18-5-4-10-20-18/h6,9,11,16-18,20H,4-5,7-8,10,12-13H2,1-3H3. The van der Waals surface area contributed by atoms with Gasteiger partial charge >= 0.3 is 0 Å². The summed E-state index contributed by atoms with van der Waals surface area (Å²) in [5.41, 5.74) is 4.33. The molecule has 1 aromatic carbocycles. The topological polar surface area (TPSA) is 15.3 Å². The van der Waals surface area contributed by atoms with Gasteiger partial charge in [-0.1, -0.05) is 23.8 Å². The number of rotatable bonds is 6. The van der Waals surface area contributed by atoms with E-state index in [1.54, 1.807) is 0 Å². The van der Waals surface area contributed by atoms with Gasteiger partial charge in [0.25, 0.3) is 0 Å². The molecule has 2 unspecified atom stereocenters. The molecular weight excluding hydrogens is 256 g/mol. The van der Waals surface area contributed by atoms with Crippen LogP contribution in [0.5, 0.6) is 0 Å². The van der Waals surface area contributed by atoms with Crippen LogP contribution >= 0.6 is 0 Å². The zero-order chi connectivity index (χ0) is 14.8. The van der Waals surface area contributed by atoms with Gasteiger partial charge in [-0.25, -0.2) is 0 Å². The molecular formula is C19H30N2. The van der Waals surface area contributed by atoms with E-state index in [0.29, 0.717) is 12.1 Å². The van der Waals surface area contributed by atoms with E-state index in [1.165, 1.54) is 62.0 Å². The second-order valence-electron chi connectivity index (χ2n) is 7.23. The van der Waals surface area contributed by atoms with Crippen LogP contribution in [0.2, 0.25) is 0 Å². The molecule has 1 N–H and O–H groups in total. The molecule has 2 heteroatoms. The first-order valence-corrected chi connectivity index (χ1v) is 8.68. The number of hydrogen-bond donors (Lipinski definition) is 1. The largest absolute Gasteiger partial charge is 0.313 e. The first-order chi connectivity index (χ1) is 10.1. The quantitative estimate of drug-likeness (QED) is 0.855. The second-order valence-corrected chi connectivity index (χ2v) is 7.23. The lowest BCUT2D eigenvalue weighted by Crippen LogP contribution is -2.40. The second kappa shape index (κ2) is 6.50. The minimum Gasteiger partial charge on any atom is -0.313 e. The van der Waals surface area contributed by atoms with Gasteiger partial charge in [0, 0.05) is 25.2 Å². The summed E-state index contributed by atoms with van der Waals surface area (Å²) < 4.78 is 0. The molecule has 1 aliphatic carbocycles. The molecule has 0 amide bonds. The smallest absolute Gasteiger partial charge is 0.0323 e. The van der Waals surface area contributed by atoms with Crippen molar-refractivity contribution >= 4 is 0 Å². The van der Waals surface area contributed by atoms with Crippen molar-refractivity contribution in [2.24, 2.45) is 5.92 Å². The van der Waals surface area contributed by atoms with Crippen molar-refractivity contribution in [3.05, 3.63) is 34.9 Å². The maximum absolute atomic E-state index is 3.67. The van der Waals surface area contributed by atoms with Crippen LogP contribution < -0.4 is 5.32 Å². The zero-order valence-electron chi connectivity index (χ0n) is 13.9. The fourth-order valence-corrected chi connectivity index (χ4v) is 3.71. The van der Waals surface area contributed by atoms with E-state index < -0.39 is 0 Å². The first kappa shape index (κ1) is 15.1. The summed E-state index contributed by atoms with van der Waals surface area (Å²) in [7, 11) is 0. The van der Waals surface area contributed by atoms with E-state index >= 15 is 0 Å². The molecule has 2 aliphatic rings. The van der Waals surface area contributed by atoms with Gasteiger partial charge in [-0.05, 0) is 70.0 Å². The van der Waals surface area contributed by atoms with Crippen molar-refractivity contribution in [2.45, 2.75) is 58.5 Å². The fraction of sp³-hybridized carbons (Fsp3) is 0.684. The van der Waals surface area contributed by atoms with Crippen LogP contribution in [-0.2, 0) is 0 Å². The van der Waals surface area contributed by atoms with E-state index in [0.717, 1.165) is 5.92 Å². The Morgan fingerprint density at radius 1 is 1.19 bits per heavy atom. The molecule has 1 aromatic rings. The lowest BCUT2D eigenvalue weighted by Gasteiger charge is -2.33. The lowest BCUT2D eigenvalue weighted by molar-refractivity contribution is 0.183. The Labute approximate surface area is 129 Å². The molecule has 0 radical (unpaired) electrons. The molecule has 0 spiro atoms. The average Bonchev–Trinajstić information content (AvgIpc) is 3.11. The highest BCUT2D eigenvalue weighted by atomic mass is 15.2. The normalized spacial score (nSPS) is 23.7. The van der Waals surface area contributed by atoms with Crippen LogP contribution in [0, 0.1) is 19.8 Å². The Hall–Kier alpha value is -0.860. The monoisotopic (exact) mass is 286 g/mol. The Kier molecular flexibility index (Phi) is 4.66. The summed E-state index contributed by atoms with van der Waals surface area (Å²) in [4.78, 5) is 2.73. The number of nitrogens with one attached hydrogen (secondary N) is 1. The van der Waals surface area contributed by atoms with Gasteiger partial charge in [-0.2, -0.15) is 0 Å². The molecule has 1 heterocycles. The molecule has 1 saturated carbocycles. The van der Waals surface area contributed by atoms with Crippen molar-refractivity contribution in [3.8, 4) is 0 Å². The van der Waals surface area contributed by atoms with Crippen molar-refractivity contribution in [1.82, 2.24) is 10.2 Å².